The summed E-state index contributed by atoms with van der Waals surface area (Å²) in [6.45, 7) is 4.09. The van der Waals surface area contributed by atoms with E-state index in [1.807, 2.05) is 58.8 Å². The van der Waals surface area contributed by atoms with Crippen LogP contribution in [0, 0.1) is 5.92 Å². The highest BCUT2D eigenvalue weighted by Gasteiger charge is 2.27. The summed E-state index contributed by atoms with van der Waals surface area (Å²) >= 11 is 0. The Labute approximate surface area is 175 Å². The molecule has 0 atom stereocenters. The highest BCUT2D eigenvalue weighted by molar-refractivity contribution is 6.16. The third-order valence-corrected chi connectivity index (χ3v) is 5.78. The van der Waals surface area contributed by atoms with Crippen LogP contribution in [0.25, 0.3) is 16.6 Å². The fourth-order valence-corrected chi connectivity index (χ4v) is 3.95. The van der Waals surface area contributed by atoms with E-state index in [1.54, 1.807) is 6.33 Å². The highest BCUT2D eigenvalue weighted by Crippen LogP contribution is 2.33. The van der Waals surface area contributed by atoms with E-state index in [2.05, 4.69) is 27.4 Å². The molecule has 0 radical (unpaired) electrons. The number of amides is 1. The van der Waals surface area contributed by atoms with E-state index in [0.29, 0.717) is 24.6 Å². The summed E-state index contributed by atoms with van der Waals surface area (Å²) in [6.07, 6.45) is 6.04. The molecule has 0 saturated heterocycles. The standard InChI is InChI=1S/C24H25N5O/c1-2-28(15-18-8-4-3-5-9-18)24(30)20-19-10-6-7-13-29(19)23-21(20)22(26-16-27-23)25-14-17-11-12-17/h3-10,13,16-17H,2,11-12,14-15H2,1H3,(H,25,26,27). The van der Waals surface area contributed by atoms with Gasteiger partial charge in [0, 0.05) is 25.8 Å². The Kier molecular flexibility index (Phi) is 4.83. The molecule has 1 aliphatic rings. The van der Waals surface area contributed by atoms with E-state index < -0.39 is 0 Å². The summed E-state index contributed by atoms with van der Waals surface area (Å²) in [7, 11) is 0. The van der Waals surface area contributed by atoms with Gasteiger partial charge in [-0.2, -0.15) is 0 Å². The zero-order chi connectivity index (χ0) is 20.5. The van der Waals surface area contributed by atoms with E-state index in [-0.39, 0.29) is 5.91 Å². The molecule has 6 heteroatoms. The van der Waals surface area contributed by atoms with Crippen molar-refractivity contribution in [2.75, 3.05) is 18.4 Å². The predicted octanol–water partition coefficient (Wildman–Crippen LogP) is 4.37. The van der Waals surface area contributed by atoms with Crippen molar-refractivity contribution in [2.24, 2.45) is 5.92 Å². The number of pyridine rings is 1. The monoisotopic (exact) mass is 399 g/mol. The van der Waals surface area contributed by atoms with E-state index in [1.165, 1.54) is 12.8 Å². The van der Waals surface area contributed by atoms with Crippen LogP contribution in [0.2, 0.25) is 0 Å². The van der Waals surface area contributed by atoms with Crippen LogP contribution in [0.15, 0.2) is 61.1 Å². The lowest BCUT2D eigenvalue weighted by Gasteiger charge is -2.21. The van der Waals surface area contributed by atoms with Crippen molar-refractivity contribution in [1.82, 2.24) is 19.3 Å². The van der Waals surface area contributed by atoms with Crippen molar-refractivity contribution < 1.29 is 4.79 Å². The maximum atomic E-state index is 13.8. The van der Waals surface area contributed by atoms with E-state index in [9.17, 15) is 4.79 Å². The minimum absolute atomic E-state index is 0.00400. The van der Waals surface area contributed by atoms with Crippen molar-refractivity contribution in [3.8, 4) is 0 Å². The van der Waals surface area contributed by atoms with Crippen molar-refractivity contribution in [1.29, 1.82) is 0 Å². The van der Waals surface area contributed by atoms with Crippen molar-refractivity contribution in [3.05, 3.63) is 72.2 Å². The van der Waals surface area contributed by atoms with E-state index in [4.69, 9.17) is 0 Å². The van der Waals surface area contributed by atoms with Crippen molar-refractivity contribution in [2.45, 2.75) is 26.3 Å². The first-order chi connectivity index (χ1) is 14.8. The molecule has 4 aromatic rings. The molecule has 152 valence electrons. The Balaban J connectivity index is 1.62. The molecule has 1 N–H and O–H groups in total. The first-order valence-electron chi connectivity index (χ1n) is 10.6. The second-order valence-corrected chi connectivity index (χ2v) is 7.88. The Morgan fingerprint density at radius 2 is 1.93 bits per heavy atom. The van der Waals surface area contributed by atoms with Crippen LogP contribution in [0.1, 0.15) is 35.7 Å². The van der Waals surface area contributed by atoms with E-state index >= 15 is 0 Å². The molecule has 0 spiro atoms. The van der Waals surface area contributed by atoms with Gasteiger partial charge >= 0.3 is 0 Å². The summed E-state index contributed by atoms with van der Waals surface area (Å²) < 4.78 is 1.99. The van der Waals surface area contributed by atoms with E-state index in [0.717, 1.165) is 34.5 Å². The molecule has 1 saturated carbocycles. The van der Waals surface area contributed by atoms with Gasteiger partial charge in [-0.1, -0.05) is 36.4 Å². The smallest absolute Gasteiger partial charge is 0.257 e. The third-order valence-electron chi connectivity index (χ3n) is 5.78. The predicted molar refractivity (Wildman–Crippen MR) is 119 cm³/mol. The average molecular weight is 399 g/mol. The van der Waals surface area contributed by atoms with Crippen LogP contribution in [-0.2, 0) is 6.54 Å². The second kappa shape index (κ2) is 7.78. The lowest BCUT2D eigenvalue weighted by Crippen LogP contribution is -2.30. The summed E-state index contributed by atoms with van der Waals surface area (Å²) in [5, 5.41) is 4.28. The Hall–Kier alpha value is -3.41. The normalized spacial score (nSPS) is 13.6. The number of aromatic nitrogens is 3. The molecule has 1 aliphatic carbocycles. The number of carbonyl (C=O) groups excluding carboxylic acids is 1. The van der Waals surface area contributed by atoms with Crippen LogP contribution in [-0.4, -0.2) is 38.3 Å². The SMILES string of the molecule is CCN(Cc1ccccc1)C(=O)c1c2c(NCC3CC3)ncnc2n2ccccc12. The number of nitrogens with one attached hydrogen (secondary N) is 1. The molecule has 0 aliphatic heterocycles. The first-order valence-corrected chi connectivity index (χ1v) is 10.6. The van der Waals surface area contributed by atoms with Gasteiger partial charge in [0.15, 0.2) is 5.65 Å². The van der Waals surface area contributed by atoms with Crippen LogP contribution >= 0.6 is 0 Å². The number of nitrogens with zero attached hydrogens (tertiary/aromatic N) is 4. The molecule has 1 aromatic carbocycles. The van der Waals surface area contributed by atoms with Gasteiger partial charge in [-0.15, -0.1) is 0 Å². The zero-order valence-electron chi connectivity index (χ0n) is 17.1. The molecule has 30 heavy (non-hydrogen) atoms. The molecular formula is C24H25N5O. The minimum atomic E-state index is 0.00400. The molecule has 3 aromatic heterocycles. The summed E-state index contributed by atoms with van der Waals surface area (Å²) in [6, 6.07) is 16.0. The lowest BCUT2D eigenvalue weighted by molar-refractivity contribution is 0.0756. The van der Waals surface area contributed by atoms with Gasteiger partial charge in [-0.3, -0.25) is 4.79 Å². The Morgan fingerprint density at radius 1 is 1.13 bits per heavy atom. The largest absolute Gasteiger partial charge is 0.369 e. The Morgan fingerprint density at radius 3 is 2.70 bits per heavy atom. The van der Waals surface area contributed by atoms with Crippen molar-refractivity contribution in [3.63, 3.8) is 0 Å². The van der Waals surface area contributed by atoms with Gasteiger partial charge in [0.1, 0.15) is 12.1 Å². The fourth-order valence-electron chi connectivity index (χ4n) is 3.95. The summed E-state index contributed by atoms with van der Waals surface area (Å²) in [5.74, 6) is 1.45. The van der Waals surface area contributed by atoms with Crippen molar-refractivity contribution >= 4 is 28.3 Å². The molecule has 0 bridgehead atoms. The molecule has 3 heterocycles. The van der Waals surface area contributed by atoms with Gasteiger partial charge in [0.05, 0.1) is 16.5 Å². The van der Waals surface area contributed by atoms with Crippen LogP contribution < -0.4 is 5.32 Å². The number of fused-ring (bicyclic) bond motifs is 3. The molecular weight excluding hydrogens is 374 g/mol. The number of hydrogen-bond acceptors (Lipinski definition) is 4. The number of hydrogen-bond donors (Lipinski definition) is 1. The zero-order valence-corrected chi connectivity index (χ0v) is 17.1. The van der Waals surface area contributed by atoms with Gasteiger partial charge in [-0.05, 0) is 43.4 Å². The average Bonchev–Trinajstić information content (AvgIpc) is 3.56. The molecule has 5 rings (SSSR count). The number of carbonyl (C=O) groups is 1. The molecule has 1 amide bonds. The maximum Gasteiger partial charge on any atom is 0.257 e. The van der Waals surface area contributed by atoms with Gasteiger partial charge < -0.3 is 14.6 Å². The molecule has 1 fully saturated rings. The number of anilines is 1. The quantitative estimate of drug-likeness (QED) is 0.501. The second-order valence-electron chi connectivity index (χ2n) is 7.88. The minimum Gasteiger partial charge on any atom is -0.369 e. The number of rotatable bonds is 7. The van der Waals surface area contributed by atoms with Crippen LogP contribution in [0.5, 0.6) is 0 Å². The fraction of sp³-hybridized carbons (Fsp3) is 0.292. The maximum absolute atomic E-state index is 13.8. The van der Waals surface area contributed by atoms with Crippen LogP contribution in [0.4, 0.5) is 5.82 Å². The third kappa shape index (κ3) is 3.38. The van der Waals surface area contributed by atoms with Gasteiger partial charge in [-0.25, -0.2) is 9.97 Å². The Bertz CT molecular complexity index is 1200. The number of benzene rings is 1. The first kappa shape index (κ1) is 18.6. The van der Waals surface area contributed by atoms with Gasteiger partial charge in [0.25, 0.3) is 5.91 Å². The highest BCUT2D eigenvalue weighted by atomic mass is 16.2. The van der Waals surface area contributed by atoms with Gasteiger partial charge in [0.2, 0.25) is 0 Å². The molecule has 6 nitrogen and oxygen atoms in total. The molecule has 0 unspecified atom stereocenters. The summed E-state index contributed by atoms with van der Waals surface area (Å²) in [4.78, 5) is 24.7. The summed E-state index contributed by atoms with van der Waals surface area (Å²) in [5.41, 5.74) is 3.41. The van der Waals surface area contributed by atoms with Crippen LogP contribution in [0.3, 0.4) is 0 Å². The topological polar surface area (TPSA) is 62.5 Å². The lowest BCUT2D eigenvalue weighted by atomic mass is 10.1.